The molecule has 7 rings (SSSR count). The summed E-state index contributed by atoms with van der Waals surface area (Å²) in [5.74, 6) is -2.20. The quantitative estimate of drug-likeness (QED) is 0.165. The molecule has 0 saturated carbocycles. The van der Waals surface area contributed by atoms with Gasteiger partial charge in [0.05, 0.1) is 36.8 Å². The number of methoxy groups -OCH3 is 1. The fourth-order valence-electron chi connectivity index (χ4n) is 11.3. The molecule has 6 heterocycles. The number of hydrogen-bond donors (Lipinski definition) is 2. The van der Waals surface area contributed by atoms with E-state index >= 15 is 0 Å². The van der Waals surface area contributed by atoms with Crippen molar-refractivity contribution in [2.45, 2.75) is 122 Å². The van der Waals surface area contributed by atoms with Crippen molar-refractivity contribution >= 4 is 46.3 Å². The number of likely N-dealkylation sites (N-methyl/N-ethyl adjacent to an activating group) is 3. The van der Waals surface area contributed by atoms with E-state index in [9.17, 15) is 37.1 Å². The molecule has 5 amide bonds. The molecule has 6 bridgehead atoms. The van der Waals surface area contributed by atoms with E-state index in [4.69, 9.17) is 14.2 Å². The minimum absolute atomic E-state index is 0.0215. The number of carbonyl (C=O) groups is 5. The van der Waals surface area contributed by atoms with Gasteiger partial charge in [0.2, 0.25) is 11.8 Å². The molecule has 2 N–H and O–H groups in total. The van der Waals surface area contributed by atoms with E-state index in [2.05, 4.69) is 32.1 Å². The Morgan fingerprint density at radius 3 is 2.43 bits per heavy atom. The van der Waals surface area contributed by atoms with Gasteiger partial charge in [-0.15, -0.1) is 0 Å². The zero-order valence-corrected chi connectivity index (χ0v) is 45.3. The van der Waals surface area contributed by atoms with Crippen LogP contribution in [0.1, 0.15) is 84.1 Å². The number of rotatable bonds is 12. The van der Waals surface area contributed by atoms with E-state index in [-0.39, 0.29) is 62.5 Å². The van der Waals surface area contributed by atoms with Crippen LogP contribution in [0.4, 0.5) is 23.7 Å². The van der Waals surface area contributed by atoms with Crippen molar-refractivity contribution < 1.29 is 51.4 Å². The van der Waals surface area contributed by atoms with Crippen molar-refractivity contribution in [2.75, 3.05) is 92.7 Å². The van der Waals surface area contributed by atoms with Crippen LogP contribution in [-0.4, -0.2) is 188 Å². The van der Waals surface area contributed by atoms with Crippen LogP contribution >= 0.6 is 0 Å². The molecule has 4 aliphatic rings. The zero-order chi connectivity index (χ0) is 54.7. The highest BCUT2D eigenvalue weighted by molar-refractivity contribution is 5.95. The van der Waals surface area contributed by atoms with Crippen molar-refractivity contribution in [3.8, 4) is 11.3 Å². The van der Waals surface area contributed by atoms with Gasteiger partial charge in [-0.25, -0.2) is 10.2 Å². The summed E-state index contributed by atoms with van der Waals surface area (Å²) < 4.78 is 63.6. The standard InChI is InChI=1S/C54H77F3N10O8/c1-12-44(68)62(9)31-53(61(7)8)19-23-64(24-20-53)51(72)63(10)46(34(2)3)48(69)59-42-28-37-30-65(25-26-74-37)36-17-18-43-39(27-36)40(29-52(5,6)33-75-50(71)41-16-14-22-67(60-41)49(42)70)47(66(43)32-54(55,56)57)38-15-13-21-58-45(38)35(4)73-11/h12-13,15,17-18,21,27,34-35,37,41-42,46,60H,1,14,16,19-20,22-26,28-33H2,2-11H3,(H,59,69)/t35-,37-,41-,42-,46-/m0/s1. The van der Waals surface area contributed by atoms with Crippen molar-refractivity contribution in [3.05, 3.63) is 60.4 Å². The number of nitrogens with zero attached hydrogens (tertiary/aromatic N) is 8. The number of alkyl halides is 3. The average molecular weight is 1050 g/mol. The topological polar surface area (TPSA) is 174 Å². The molecule has 75 heavy (non-hydrogen) atoms. The number of hydrazine groups is 1. The number of hydrogen-bond acceptors (Lipinski definition) is 12. The number of carbonyl (C=O) groups excluding carboxylic acids is 5. The first kappa shape index (κ1) is 56.9. The maximum absolute atomic E-state index is 14.8. The Kier molecular flexibility index (Phi) is 17.6. The number of urea groups is 1. The summed E-state index contributed by atoms with van der Waals surface area (Å²) in [6.45, 7) is 13.9. The Morgan fingerprint density at radius 1 is 1.05 bits per heavy atom. The van der Waals surface area contributed by atoms with Gasteiger partial charge >= 0.3 is 18.2 Å². The lowest BCUT2D eigenvalue weighted by atomic mass is 9.84. The predicted octanol–water partition coefficient (Wildman–Crippen LogP) is 5.79. The molecule has 2 aromatic heterocycles. The normalized spacial score (nSPS) is 22.3. The summed E-state index contributed by atoms with van der Waals surface area (Å²) in [4.78, 5) is 83.9. The smallest absolute Gasteiger partial charge is 0.406 e. The Labute approximate surface area is 438 Å². The maximum atomic E-state index is 14.8. The first-order valence-electron chi connectivity index (χ1n) is 26.0. The molecule has 0 unspecified atom stereocenters. The molecular formula is C54H77F3N10O8. The second-order valence-electron chi connectivity index (χ2n) is 22.1. The molecule has 0 spiro atoms. The Morgan fingerprint density at radius 2 is 1.77 bits per heavy atom. The third-order valence-electron chi connectivity index (χ3n) is 15.6. The number of anilines is 1. The van der Waals surface area contributed by atoms with Gasteiger partial charge in [0, 0.05) is 106 Å². The van der Waals surface area contributed by atoms with Crippen LogP contribution in [0, 0.1) is 11.3 Å². The van der Waals surface area contributed by atoms with E-state index in [1.165, 1.54) is 27.7 Å². The van der Waals surface area contributed by atoms with E-state index in [1.807, 2.05) is 47.9 Å². The third-order valence-corrected chi connectivity index (χ3v) is 15.6. The van der Waals surface area contributed by atoms with Crippen LogP contribution in [0.15, 0.2) is 49.2 Å². The summed E-state index contributed by atoms with van der Waals surface area (Å²) in [5, 5.41) is 4.98. The summed E-state index contributed by atoms with van der Waals surface area (Å²) in [5.41, 5.74) is 4.92. The van der Waals surface area contributed by atoms with Gasteiger partial charge in [0.25, 0.3) is 5.91 Å². The number of fused-ring (bicyclic) bond motifs is 6. The molecule has 1 aromatic carbocycles. The highest BCUT2D eigenvalue weighted by Gasteiger charge is 2.44. The van der Waals surface area contributed by atoms with Crippen molar-refractivity contribution in [1.82, 2.24) is 44.9 Å². The molecular weight excluding hydrogens is 974 g/mol. The minimum atomic E-state index is -4.59. The number of halogens is 3. The van der Waals surface area contributed by atoms with Crippen LogP contribution in [0.3, 0.4) is 0 Å². The number of likely N-dealkylation sites (tertiary alicyclic amines) is 1. The first-order valence-corrected chi connectivity index (χ1v) is 26.0. The number of benzene rings is 1. The lowest BCUT2D eigenvalue weighted by molar-refractivity contribution is -0.156. The van der Waals surface area contributed by atoms with E-state index in [0.29, 0.717) is 85.3 Å². The molecule has 412 valence electrons. The number of cyclic esters (lactones) is 1. The highest BCUT2D eigenvalue weighted by atomic mass is 19.4. The fourth-order valence-corrected chi connectivity index (χ4v) is 11.3. The van der Waals surface area contributed by atoms with Crippen LogP contribution in [-0.2, 0) is 46.4 Å². The summed E-state index contributed by atoms with van der Waals surface area (Å²) in [7, 11) is 8.77. The summed E-state index contributed by atoms with van der Waals surface area (Å²) in [6.07, 6.45) is -0.679. The number of amides is 5. The Hall–Kier alpha value is -5.77. The molecule has 4 aliphatic heterocycles. The largest absolute Gasteiger partial charge is 0.464 e. The van der Waals surface area contributed by atoms with Crippen LogP contribution in [0.5, 0.6) is 0 Å². The fraction of sp³-hybridized carbons (Fsp3) is 0.630. The second kappa shape index (κ2) is 23.2. The average Bonchev–Trinajstić information content (AvgIpc) is 3.66. The third kappa shape index (κ3) is 12.7. The number of esters is 1. The molecule has 3 fully saturated rings. The number of ether oxygens (including phenoxy) is 3. The molecule has 5 atom stereocenters. The number of morpholine rings is 1. The molecule has 0 radical (unpaired) electrons. The zero-order valence-electron chi connectivity index (χ0n) is 45.3. The van der Waals surface area contributed by atoms with Crippen LogP contribution < -0.4 is 15.6 Å². The van der Waals surface area contributed by atoms with Crippen molar-refractivity contribution in [2.24, 2.45) is 11.3 Å². The summed E-state index contributed by atoms with van der Waals surface area (Å²) in [6, 6.07) is 5.44. The van der Waals surface area contributed by atoms with Crippen molar-refractivity contribution in [3.63, 3.8) is 0 Å². The molecule has 3 saturated heterocycles. The van der Waals surface area contributed by atoms with Crippen LogP contribution in [0.2, 0.25) is 0 Å². The van der Waals surface area contributed by atoms with E-state index in [0.717, 1.165) is 5.69 Å². The SMILES string of the molecule is C=CC(=O)N(C)CC1(N(C)C)CCN(C(=O)N(C)[C@H](C(=O)N[C@H]2C[C@H]3CN(CCO3)c3ccc4c(c3)c(c(-c3cccnc3[C@H](C)OC)n4CC(F)(F)F)CC(C)(C)COC(=O)[C@@H]3CCCN(N3)C2=O)C(C)C)CC1. The van der Waals surface area contributed by atoms with Crippen LogP contribution in [0.25, 0.3) is 22.2 Å². The monoisotopic (exact) mass is 1050 g/mol. The number of nitrogens with one attached hydrogen (secondary N) is 2. The Balaban J connectivity index is 1.22. The molecule has 21 heteroatoms. The highest BCUT2D eigenvalue weighted by Crippen LogP contribution is 2.43. The van der Waals surface area contributed by atoms with E-state index in [1.54, 1.807) is 61.3 Å². The van der Waals surface area contributed by atoms with Gasteiger partial charge in [-0.1, -0.05) is 34.3 Å². The lowest BCUT2D eigenvalue weighted by Crippen LogP contribution is -2.63. The molecule has 3 aromatic rings. The minimum Gasteiger partial charge on any atom is -0.464 e. The van der Waals surface area contributed by atoms with Gasteiger partial charge in [-0.2, -0.15) is 13.2 Å². The number of aromatic nitrogens is 2. The van der Waals surface area contributed by atoms with Gasteiger partial charge in [0.15, 0.2) is 0 Å². The van der Waals surface area contributed by atoms with E-state index < -0.39 is 66.3 Å². The van der Waals surface area contributed by atoms with Crippen molar-refractivity contribution in [1.29, 1.82) is 0 Å². The predicted molar refractivity (Wildman–Crippen MR) is 278 cm³/mol. The molecule has 0 aliphatic carbocycles. The number of pyridine rings is 1. The van der Waals surface area contributed by atoms with Gasteiger partial charge in [0.1, 0.15) is 24.7 Å². The van der Waals surface area contributed by atoms with Gasteiger partial charge < -0.3 is 48.6 Å². The Bertz CT molecular complexity index is 2580. The first-order chi connectivity index (χ1) is 35.4. The maximum Gasteiger partial charge on any atom is 0.406 e. The van der Waals surface area contributed by atoms with Gasteiger partial charge in [-0.3, -0.25) is 29.2 Å². The number of piperidine rings is 1. The second-order valence-corrected chi connectivity index (χ2v) is 22.1. The molecule has 18 nitrogen and oxygen atoms in total. The van der Waals surface area contributed by atoms with Gasteiger partial charge in [-0.05, 0) is 101 Å². The summed E-state index contributed by atoms with van der Waals surface area (Å²) >= 11 is 0. The lowest BCUT2D eigenvalue weighted by Gasteiger charge is -2.48.